The van der Waals surface area contributed by atoms with Crippen LogP contribution >= 0.6 is 0 Å². The molecule has 1 aromatic carbocycles. The number of benzene rings is 1. The van der Waals surface area contributed by atoms with Gasteiger partial charge in [-0.3, -0.25) is 0 Å². The highest BCUT2D eigenvalue weighted by Gasteiger charge is 2.34. The Bertz CT molecular complexity index is 499. The summed E-state index contributed by atoms with van der Waals surface area (Å²) < 4.78 is 36.7. The van der Waals surface area contributed by atoms with Gasteiger partial charge < -0.3 is 5.32 Å². The zero-order valence-electron chi connectivity index (χ0n) is 9.03. The molecule has 0 saturated heterocycles. The van der Waals surface area contributed by atoms with E-state index >= 15 is 0 Å². The third-order valence-electron chi connectivity index (χ3n) is 2.91. The fourth-order valence-electron chi connectivity index (χ4n) is 2.12. The third kappa shape index (κ3) is 1.97. The normalized spacial score (nSPS) is 22.0. The van der Waals surface area contributed by atoms with Crippen molar-refractivity contribution in [2.24, 2.45) is 0 Å². The molecule has 0 fully saturated rings. The molecule has 1 unspecified atom stereocenters. The van der Waals surface area contributed by atoms with Crippen LogP contribution in [0.3, 0.4) is 0 Å². The number of fused-ring (bicyclic) bond motifs is 1. The predicted molar refractivity (Wildman–Crippen MR) is 59.7 cm³/mol. The molecule has 16 heavy (non-hydrogen) atoms. The fourth-order valence-corrected chi connectivity index (χ4v) is 4.04. The lowest BCUT2D eigenvalue weighted by molar-refractivity contribution is 0.590. The summed E-state index contributed by atoms with van der Waals surface area (Å²) in [7, 11) is -1.38. The molecular formula is C11H14FNO2S. The number of hydrogen-bond donors (Lipinski definition) is 1. The molecule has 2 rings (SSSR count). The van der Waals surface area contributed by atoms with Crippen molar-refractivity contribution in [1.29, 1.82) is 0 Å². The van der Waals surface area contributed by atoms with Crippen LogP contribution in [0.5, 0.6) is 0 Å². The van der Waals surface area contributed by atoms with Gasteiger partial charge in [0.25, 0.3) is 0 Å². The Balaban J connectivity index is 2.40. The van der Waals surface area contributed by atoms with Gasteiger partial charge >= 0.3 is 0 Å². The van der Waals surface area contributed by atoms with E-state index < -0.39 is 9.84 Å². The zero-order chi connectivity index (χ0) is 11.8. The molecule has 88 valence electrons. The summed E-state index contributed by atoms with van der Waals surface area (Å²) in [5.74, 6) is -0.346. The molecule has 0 aromatic heterocycles. The molecule has 1 aromatic rings. The SMILES string of the molecule is CNCCC1CS(=O)(=O)c2ccc(F)cc21. The van der Waals surface area contributed by atoms with Gasteiger partial charge in [0.1, 0.15) is 5.82 Å². The molecule has 0 radical (unpaired) electrons. The van der Waals surface area contributed by atoms with E-state index in [-0.39, 0.29) is 17.5 Å². The highest BCUT2D eigenvalue weighted by Crippen LogP contribution is 2.36. The van der Waals surface area contributed by atoms with Gasteiger partial charge in [-0.25, -0.2) is 12.8 Å². The highest BCUT2D eigenvalue weighted by molar-refractivity contribution is 7.91. The number of halogens is 1. The Morgan fingerprint density at radius 1 is 1.50 bits per heavy atom. The van der Waals surface area contributed by atoms with Crippen LogP contribution in [0.4, 0.5) is 4.39 Å². The first-order valence-electron chi connectivity index (χ1n) is 5.21. The van der Waals surface area contributed by atoms with Crippen LogP contribution < -0.4 is 5.32 Å². The minimum absolute atomic E-state index is 0.0804. The fraction of sp³-hybridized carbons (Fsp3) is 0.455. The van der Waals surface area contributed by atoms with Crippen LogP contribution in [0.15, 0.2) is 23.1 Å². The molecule has 1 aliphatic heterocycles. The van der Waals surface area contributed by atoms with Crippen molar-refractivity contribution in [2.45, 2.75) is 17.2 Å². The monoisotopic (exact) mass is 243 g/mol. The van der Waals surface area contributed by atoms with Crippen LogP contribution in [0.2, 0.25) is 0 Å². The molecule has 1 aliphatic rings. The van der Waals surface area contributed by atoms with Crippen LogP contribution in [-0.2, 0) is 9.84 Å². The Hall–Kier alpha value is -0.940. The van der Waals surface area contributed by atoms with Gasteiger partial charge in [-0.15, -0.1) is 0 Å². The number of rotatable bonds is 3. The number of nitrogens with one attached hydrogen (secondary N) is 1. The number of hydrogen-bond acceptors (Lipinski definition) is 3. The average Bonchev–Trinajstić information content (AvgIpc) is 2.47. The molecule has 0 amide bonds. The molecule has 0 spiro atoms. The molecule has 1 heterocycles. The van der Waals surface area contributed by atoms with Crippen molar-refractivity contribution in [3.05, 3.63) is 29.6 Å². The van der Waals surface area contributed by atoms with Gasteiger partial charge in [0.15, 0.2) is 9.84 Å². The topological polar surface area (TPSA) is 46.2 Å². The van der Waals surface area contributed by atoms with Gasteiger partial charge in [-0.2, -0.15) is 0 Å². The molecule has 0 bridgehead atoms. The second-order valence-corrected chi connectivity index (χ2v) is 6.06. The minimum Gasteiger partial charge on any atom is -0.320 e. The van der Waals surface area contributed by atoms with Crippen molar-refractivity contribution in [3.63, 3.8) is 0 Å². The Labute approximate surface area is 94.6 Å². The van der Waals surface area contributed by atoms with E-state index in [0.29, 0.717) is 16.9 Å². The Kier molecular flexibility index (Phi) is 2.99. The van der Waals surface area contributed by atoms with Gasteiger partial charge in [0.05, 0.1) is 10.6 Å². The first kappa shape index (κ1) is 11.5. The highest BCUT2D eigenvalue weighted by atomic mass is 32.2. The van der Waals surface area contributed by atoms with Gasteiger partial charge in [-0.1, -0.05) is 0 Å². The first-order chi connectivity index (χ1) is 7.54. The summed E-state index contributed by atoms with van der Waals surface area (Å²) in [5.41, 5.74) is 0.634. The van der Waals surface area contributed by atoms with E-state index in [9.17, 15) is 12.8 Å². The van der Waals surface area contributed by atoms with E-state index in [4.69, 9.17) is 0 Å². The van der Waals surface area contributed by atoms with Crippen molar-refractivity contribution < 1.29 is 12.8 Å². The predicted octanol–water partition coefficient (Wildman–Crippen LogP) is 1.31. The summed E-state index contributed by atoms with van der Waals surface area (Å²) >= 11 is 0. The van der Waals surface area contributed by atoms with Crippen molar-refractivity contribution in [3.8, 4) is 0 Å². The van der Waals surface area contributed by atoms with E-state index in [1.165, 1.54) is 18.2 Å². The van der Waals surface area contributed by atoms with E-state index in [0.717, 1.165) is 6.54 Å². The summed E-state index contributed by atoms with van der Waals surface area (Å²) in [6, 6.07) is 3.93. The molecule has 0 aliphatic carbocycles. The van der Waals surface area contributed by atoms with E-state index in [1.54, 1.807) is 0 Å². The Morgan fingerprint density at radius 2 is 2.25 bits per heavy atom. The Morgan fingerprint density at radius 3 is 2.94 bits per heavy atom. The van der Waals surface area contributed by atoms with Crippen molar-refractivity contribution >= 4 is 9.84 Å². The molecule has 3 nitrogen and oxygen atoms in total. The minimum atomic E-state index is -3.20. The summed E-state index contributed by atoms with van der Waals surface area (Å²) in [4.78, 5) is 0.301. The van der Waals surface area contributed by atoms with Crippen molar-refractivity contribution in [2.75, 3.05) is 19.3 Å². The lowest BCUT2D eigenvalue weighted by Crippen LogP contribution is -2.13. The smallest absolute Gasteiger partial charge is 0.179 e. The quantitative estimate of drug-likeness (QED) is 0.814. The maximum absolute atomic E-state index is 13.1. The number of sulfone groups is 1. The summed E-state index contributed by atoms with van der Waals surface area (Å²) in [6.45, 7) is 0.732. The van der Waals surface area contributed by atoms with Gasteiger partial charge in [0.2, 0.25) is 0 Å². The molecule has 1 N–H and O–H groups in total. The largest absolute Gasteiger partial charge is 0.320 e. The maximum Gasteiger partial charge on any atom is 0.179 e. The van der Waals surface area contributed by atoms with E-state index in [1.807, 2.05) is 7.05 Å². The molecule has 1 atom stereocenters. The molecular weight excluding hydrogens is 229 g/mol. The lowest BCUT2D eigenvalue weighted by atomic mass is 9.98. The summed E-state index contributed by atoms with van der Waals surface area (Å²) in [5, 5.41) is 2.98. The third-order valence-corrected chi connectivity index (χ3v) is 4.79. The second-order valence-electron chi connectivity index (χ2n) is 4.05. The summed E-state index contributed by atoms with van der Waals surface area (Å²) in [6.07, 6.45) is 0.714. The van der Waals surface area contributed by atoms with Crippen LogP contribution in [0.1, 0.15) is 17.9 Å². The molecule has 0 saturated carbocycles. The zero-order valence-corrected chi connectivity index (χ0v) is 9.85. The second kappa shape index (κ2) is 4.14. The van der Waals surface area contributed by atoms with Crippen LogP contribution in [0, 0.1) is 5.82 Å². The lowest BCUT2D eigenvalue weighted by Gasteiger charge is -2.08. The van der Waals surface area contributed by atoms with Crippen LogP contribution in [-0.4, -0.2) is 27.8 Å². The first-order valence-corrected chi connectivity index (χ1v) is 6.86. The van der Waals surface area contributed by atoms with Gasteiger partial charge in [0, 0.05) is 5.92 Å². The van der Waals surface area contributed by atoms with Gasteiger partial charge in [-0.05, 0) is 43.8 Å². The standard InChI is InChI=1S/C11H14FNO2S/c1-13-5-4-8-7-16(14,15)11-3-2-9(12)6-10(8)11/h2-3,6,8,13H,4-5,7H2,1H3. The van der Waals surface area contributed by atoms with Crippen LogP contribution in [0.25, 0.3) is 0 Å². The molecule has 5 heteroatoms. The maximum atomic E-state index is 13.1. The van der Waals surface area contributed by atoms with Crippen molar-refractivity contribution in [1.82, 2.24) is 5.32 Å². The van der Waals surface area contributed by atoms with E-state index in [2.05, 4.69) is 5.32 Å². The average molecular weight is 243 g/mol.